The Morgan fingerprint density at radius 2 is 2.11 bits per heavy atom. The quantitative estimate of drug-likeness (QED) is 0.663. The van der Waals surface area contributed by atoms with Gasteiger partial charge in [0.1, 0.15) is 0 Å². The molecule has 1 heterocycles. The Bertz CT molecular complexity index is 202. The summed E-state index contributed by atoms with van der Waals surface area (Å²) in [4.78, 5) is 2.59. The molecule has 0 saturated carbocycles. The van der Waals surface area contributed by atoms with Crippen LogP contribution in [-0.4, -0.2) is 59.8 Å². The largest absolute Gasteiger partial charge is 0.396 e. The van der Waals surface area contributed by atoms with Crippen molar-refractivity contribution in [2.75, 3.05) is 37.7 Å². The van der Waals surface area contributed by atoms with Crippen LogP contribution in [0.1, 0.15) is 39.5 Å². The molecule has 1 aliphatic rings. The summed E-state index contributed by atoms with van der Waals surface area (Å²) in [5.41, 5.74) is 0. The molecule has 1 aliphatic heterocycles. The summed E-state index contributed by atoms with van der Waals surface area (Å²) in [5.74, 6) is 2.26. The van der Waals surface area contributed by atoms with Gasteiger partial charge in [-0.15, -0.1) is 0 Å². The van der Waals surface area contributed by atoms with Gasteiger partial charge in [-0.2, -0.15) is 11.8 Å². The van der Waals surface area contributed by atoms with E-state index in [1.165, 1.54) is 38.1 Å². The highest BCUT2D eigenvalue weighted by Gasteiger charge is 2.17. The van der Waals surface area contributed by atoms with E-state index in [0.717, 1.165) is 18.7 Å². The van der Waals surface area contributed by atoms with Crippen LogP contribution >= 0.6 is 11.8 Å². The molecule has 0 aliphatic carbocycles. The molecule has 1 rings (SSSR count). The number of nitrogens with one attached hydrogen (secondary N) is 1. The van der Waals surface area contributed by atoms with Gasteiger partial charge in [-0.25, -0.2) is 0 Å². The van der Waals surface area contributed by atoms with Gasteiger partial charge in [0.25, 0.3) is 0 Å². The van der Waals surface area contributed by atoms with Crippen LogP contribution in [0.5, 0.6) is 0 Å². The van der Waals surface area contributed by atoms with Crippen LogP contribution in [0.15, 0.2) is 0 Å². The normalized spacial score (nSPS) is 22.3. The molecule has 3 nitrogen and oxygen atoms in total. The van der Waals surface area contributed by atoms with Crippen molar-refractivity contribution in [3.63, 3.8) is 0 Å². The van der Waals surface area contributed by atoms with Crippen molar-refractivity contribution >= 4 is 11.8 Å². The zero-order valence-corrected chi connectivity index (χ0v) is 12.8. The second-order valence-corrected chi connectivity index (χ2v) is 6.63. The minimum Gasteiger partial charge on any atom is -0.396 e. The molecule has 1 unspecified atom stereocenters. The van der Waals surface area contributed by atoms with Crippen molar-refractivity contribution in [2.45, 2.75) is 51.6 Å². The Labute approximate surface area is 117 Å². The first-order valence-corrected chi connectivity index (χ1v) is 8.55. The lowest BCUT2D eigenvalue weighted by Gasteiger charge is -2.24. The number of hydrogen-bond acceptors (Lipinski definition) is 4. The zero-order chi connectivity index (χ0) is 13.2. The second kappa shape index (κ2) is 10.1. The fourth-order valence-electron chi connectivity index (χ4n) is 2.44. The highest BCUT2D eigenvalue weighted by molar-refractivity contribution is 7.99. The van der Waals surface area contributed by atoms with E-state index in [1.54, 1.807) is 0 Å². The van der Waals surface area contributed by atoms with Crippen LogP contribution in [0.3, 0.4) is 0 Å². The molecule has 4 heteroatoms. The van der Waals surface area contributed by atoms with Gasteiger partial charge in [-0.3, -0.25) is 0 Å². The van der Waals surface area contributed by atoms with Crippen molar-refractivity contribution in [1.29, 1.82) is 0 Å². The number of aliphatic hydroxyl groups is 1. The average Bonchev–Trinajstić information content (AvgIpc) is 2.59. The van der Waals surface area contributed by atoms with Crippen LogP contribution < -0.4 is 5.32 Å². The third-order valence-corrected chi connectivity index (χ3v) is 4.69. The first kappa shape index (κ1) is 16.3. The lowest BCUT2D eigenvalue weighted by atomic mass is 10.1. The third kappa shape index (κ3) is 6.98. The number of aliphatic hydroxyl groups excluding tert-OH is 1. The standard InChI is InChI=1S/C14H30N2OS/c1-13(2)16-8-3-5-14(6-9-16)15-7-12-18-11-4-10-17/h13-15,17H,3-12H2,1-2H3. The lowest BCUT2D eigenvalue weighted by molar-refractivity contribution is 0.229. The maximum absolute atomic E-state index is 8.69. The summed E-state index contributed by atoms with van der Waals surface area (Å²) < 4.78 is 0. The molecule has 1 atom stereocenters. The Kier molecular flexibility index (Phi) is 9.11. The first-order chi connectivity index (χ1) is 8.74. The van der Waals surface area contributed by atoms with Crippen LogP contribution in [0, 0.1) is 0 Å². The molecule has 2 N–H and O–H groups in total. The van der Waals surface area contributed by atoms with Crippen LogP contribution in [0.25, 0.3) is 0 Å². The fourth-order valence-corrected chi connectivity index (χ4v) is 3.24. The van der Waals surface area contributed by atoms with E-state index in [2.05, 4.69) is 24.1 Å². The molecule has 18 heavy (non-hydrogen) atoms. The van der Waals surface area contributed by atoms with E-state index in [1.807, 2.05) is 11.8 Å². The first-order valence-electron chi connectivity index (χ1n) is 7.40. The van der Waals surface area contributed by atoms with Gasteiger partial charge < -0.3 is 15.3 Å². The fraction of sp³-hybridized carbons (Fsp3) is 1.00. The van der Waals surface area contributed by atoms with Gasteiger partial charge in [0, 0.05) is 31.0 Å². The van der Waals surface area contributed by atoms with Gasteiger partial charge in [-0.1, -0.05) is 0 Å². The van der Waals surface area contributed by atoms with Crippen molar-refractivity contribution < 1.29 is 5.11 Å². The summed E-state index contributed by atoms with van der Waals surface area (Å²) in [6.45, 7) is 8.54. The van der Waals surface area contributed by atoms with E-state index in [4.69, 9.17) is 5.11 Å². The number of nitrogens with zero attached hydrogens (tertiary/aromatic N) is 1. The maximum atomic E-state index is 8.69. The summed E-state index contributed by atoms with van der Waals surface area (Å²) in [7, 11) is 0. The van der Waals surface area contributed by atoms with Crippen molar-refractivity contribution in [3.8, 4) is 0 Å². The summed E-state index contributed by atoms with van der Waals surface area (Å²) >= 11 is 1.94. The highest BCUT2D eigenvalue weighted by Crippen LogP contribution is 2.13. The Morgan fingerprint density at radius 3 is 2.83 bits per heavy atom. The molecule has 1 fully saturated rings. The SMILES string of the molecule is CC(C)N1CCCC(NCCSCCCO)CC1. The van der Waals surface area contributed by atoms with E-state index >= 15 is 0 Å². The van der Waals surface area contributed by atoms with E-state index in [-0.39, 0.29) is 0 Å². The van der Waals surface area contributed by atoms with Gasteiger partial charge in [-0.05, 0) is 58.4 Å². The van der Waals surface area contributed by atoms with E-state index < -0.39 is 0 Å². The average molecular weight is 274 g/mol. The van der Waals surface area contributed by atoms with E-state index in [0.29, 0.717) is 18.7 Å². The topological polar surface area (TPSA) is 35.5 Å². The lowest BCUT2D eigenvalue weighted by Crippen LogP contribution is -2.34. The third-order valence-electron chi connectivity index (χ3n) is 3.62. The molecule has 0 aromatic heterocycles. The zero-order valence-electron chi connectivity index (χ0n) is 12.0. The summed E-state index contributed by atoms with van der Waals surface area (Å²) in [6, 6.07) is 1.41. The monoisotopic (exact) mass is 274 g/mol. The van der Waals surface area contributed by atoms with Crippen molar-refractivity contribution in [3.05, 3.63) is 0 Å². The predicted octanol–water partition coefficient (Wildman–Crippen LogP) is 1.95. The molecular weight excluding hydrogens is 244 g/mol. The van der Waals surface area contributed by atoms with Gasteiger partial charge in [0.05, 0.1) is 0 Å². The Hall–Kier alpha value is 0.230. The minimum atomic E-state index is 0.327. The number of rotatable bonds is 8. The molecule has 0 aromatic rings. The number of hydrogen-bond donors (Lipinski definition) is 2. The maximum Gasteiger partial charge on any atom is 0.0438 e. The van der Waals surface area contributed by atoms with Crippen LogP contribution in [0.4, 0.5) is 0 Å². The molecule has 1 saturated heterocycles. The van der Waals surface area contributed by atoms with E-state index in [9.17, 15) is 0 Å². The minimum absolute atomic E-state index is 0.327. The molecule has 0 spiro atoms. The van der Waals surface area contributed by atoms with Crippen molar-refractivity contribution in [2.24, 2.45) is 0 Å². The van der Waals surface area contributed by atoms with Crippen LogP contribution in [-0.2, 0) is 0 Å². The molecule has 108 valence electrons. The molecule has 0 aromatic carbocycles. The number of thioether (sulfide) groups is 1. The molecule has 0 bridgehead atoms. The van der Waals surface area contributed by atoms with Gasteiger partial charge in [0.15, 0.2) is 0 Å². The smallest absolute Gasteiger partial charge is 0.0438 e. The highest BCUT2D eigenvalue weighted by atomic mass is 32.2. The molecule has 0 amide bonds. The van der Waals surface area contributed by atoms with Gasteiger partial charge >= 0.3 is 0 Å². The molecule has 0 radical (unpaired) electrons. The number of likely N-dealkylation sites (tertiary alicyclic amines) is 1. The Balaban J connectivity index is 2.05. The van der Waals surface area contributed by atoms with Crippen molar-refractivity contribution in [1.82, 2.24) is 10.2 Å². The molecular formula is C14H30N2OS. The summed E-state index contributed by atoms with van der Waals surface area (Å²) in [6.07, 6.45) is 4.87. The summed E-state index contributed by atoms with van der Waals surface area (Å²) in [5, 5.41) is 12.4. The predicted molar refractivity (Wildman–Crippen MR) is 81.4 cm³/mol. The Morgan fingerprint density at radius 1 is 1.28 bits per heavy atom. The van der Waals surface area contributed by atoms with Crippen LogP contribution in [0.2, 0.25) is 0 Å². The second-order valence-electron chi connectivity index (χ2n) is 5.40. The van der Waals surface area contributed by atoms with Gasteiger partial charge in [0.2, 0.25) is 0 Å².